The molecule has 4 aliphatic rings. The zero-order valence-corrected chi connectivity index (χ0v) is 18.6. The highest BCUT2D eigenvalue weighted by molar-refractivity contribution is 5.98. The highest BCUT2D eigenvalue weighted by Crippen LogP contribution is 2.32. The third-order valence-electron chi connectivity index (χ3n) is 8.05. The summed E-state index contributed by atoms with van der Waals surface area (Å²) in [4.78, 5) is 32.3. The van der Waals surface area contributed by atoms with Crippen molar-refractivity contribution in [3.63, 3.8) is 0 Å². The highest BCUT2D eigenvalue weighted by atomic mass is 16.2. The first-order chi connectivity index (χ1) is 15.7. The molecule has 0 radical (unpaired) electrons. The molecule has 1 atom stereocenters. The molecule has 1 saturated carbocycles. The Balaban J connectivity index is 1.16. The lowest BCUT2D eigenvalue weighted by atomic mass is 9.92. The molecule has 166 valence electrons. The van der Waals surface area contributed by atoms with Gasteiger partial charge >= 0.3 is 0 Å². The first-order valence-electron chi connectivity index (χ1n) is 12.2. The fourth-order valence-electron chi connectivity index (χ4n) is 5.65. The van der Waals surface area contributed by atoms with Gasteiger partial charge in [-0.3, -0.25) is 14.5 Å². The SMILES string of the molecule is O=C(c1ccc(-c2ccc3c(c2)CCN([C@H]2CCN(C4CCC4)C2)C3=O)cc1)N1CCC1. The number of hydrogen-bond acceptors (Lipinski definition) is 3. The molecule has 5 heteroatoms. The molecule has 3 heterocycles. The largest absolute Gasteiger partial charge is 0.339 e. The molecule has 3 fully saturated rings. The van der Waals surface area contributed by atoms with E-state index in [-0.39, 0.29) is 11.8 Å². The summed E-state index contributed by atoms with van der Waals surface area (Å²) in [7, 11) is 0. The maximum Gasteiger partial charge on any atom is 0.254 e. The molecule has 5 nitrogen and oxygen atoms in total. The van der Waals surface area contributed by atoms with Gasteiger partial charge < -0.3 is 9.80 Å². The van der Waals surface area contributed by atoms with Gasteiger partial charge in [-0.2, -0.15) is 0 Å². The molecular formula is C27H31N3O2. The zero-order chi connectivity index (χ0) is 21.7. The van der Waals surface area contributed by atoms with Crippen LogP contribution in [0, 0.1) is 0 Å². The first kappa shape index (κ1) is 20.0. The van der Waals surface area contributed by atoms with E-state index >= 15 is 0 Å². The Morgan fingerprint density at radius 1 is 0.812 bits per heavy atom. The normalized spacial score (nSPS) is 23.6. The monoisotopic (exact) mass is 429 g/mol. The van der Waals surface area contributed by atoms with Crippen molar-refractivity contribution in [1.82, 2.24) is 14.7 Å². The predicted molar refractivity (Wildman–Crippen MR) is 125 cm³/mol. The second kappa shape index (κ2) is 8.04. The number of hydrogen-bond donors (Lipinski definition) is 0. The predicted octanol–water partition coefficient (Wildman–Crippen LogP) is 3.82. The van der Waals surface area contributed by atoms with Crippen LogP contribution >= 0.6 is 0 Å². The molecule has 2 aromatic rings. The highest BCUT2D eigenvalue weighted by Gasteiger charge is 2.37. The number of likely N-dealkylation sites (tertiary alicyclic amines) is 2. The summed E-state index contributed by atoms with van der Waals surface area (Å²) in [6.07, 6.45) is 7.16. The van der Waals surface area contributed by atoms with Crippen molar-refractivity contribution in [2.24, 2.45) is 0 Å². The number of carbonyl (C=O) groups excluding carboxylic acids is 2. The molecule has 3 aliphatic heterocycles. The van der Waals surface area contributed by atoms with E-state index in [1.54, 1.807) is 0 Å². The van der Waals surface area contributed by atoms with Crippen molar-refractivity contribution in [2.75, 3.05) is 32.7 Å². The first-order valence-corrected chi connectivity index (χ1v) is 12.2. The lowest BCUT2D eigenvalue weighted by molar-refractivity contribution is 0.0641. The van der Waals surface area contributed by atoms with Crippen molar-refractivity contribution in [3.8, 4) is 11.1 Å². The Kier molecular flexibility index (Phi) is 5.02. The van der Waals surface area contributed by atoms with Gasteiger partial charge in [0.25, 0.3) is 11.8 Å². The molecule has 0 spiro atoms. The van der Waals surface area contributed by atoms with Gasteiger partial charge in [-0.25, -0.2) is 0 Å². The molecule has 0 aromatic heterocycles. The second-order valence-electron chi connectivity index (χ2n) is 9.87. The quantitative estimate of drug-likeness (QED) is 0.742. The van der Waals surface area contributed by atoms with E-state index in [9.17, 15) is 9.59 Å². The van der Waals surface area contributed by atoms with Crippen LogP contribution in [0.1, 0.15) is 58.4 Å². The molecule has 0 bridgehead atoms. The molecular weight excluding hydrogens is 398 g/mol. The van der Waals surface area contributed by atoms with Crippen LogP contribution in [0.2, 0.25) is 0 Å². The van der Waals surface area contributed by atoms with Crippen molar-refractivity contribution in [3.05, 3.63) is 59.2 Å². The molecule has 0 N–H and O–H groups in total. The Morgan fingerprint density at radius 3 is 2.28 bits per heavy atom. The third-order valence-corrected chi connectivity index (χ3v) is 8.05. The van der Waals surface area contributed by atoms with Crippen LogP contribution in [0.4, 0.5) is 0 Å². The molecule has 6 rings (SSSR count). The van der Waals surface area contributed by atoms with Crippen molar-refractivity contribution in [2.45, 2.75) is 50.6 Å². The van der Waals surface area contributed by atoms with Crippen molar-refractivity contribution >= 4 is 11.8 Å². The lowest BCUT2D eigenvalue weighted by Crippen LogP contribution is -2.47. The van der Waals surface area contributed by atoms with Crippen molar-refractivity contribution < 1.29 is 9.59 Å². The number of benzene rings is 2. The Morgan fingerprint density at radius 2 is 1.59 bits per heavy atom. The van der Waals surface area contributed by atoms with Gasteiger partial charge in [0.15, 0.2) is 0 Å². The van der Waals surface area contributed by atoms with Gasteiger partial charge in [-0.15, -0.1) is 0 Å². The summed E-state index contributed by atoms with van der Waals surface area (Å²) in [5.41, 5.74) is 4.98. The maximum atomic E-state index is 13.3. The summed E-state index contributed by atoms with van der Waals surface area (Å²) >= 11 is 0. The number of nitrogens with zero attached hydrogens (tertiary/aromatic N) is 3. The molecule has 2 amide bonds. The Bertz CT molecular complexity index is 1040. The van der Waals surface area contributed by atoms with Crippen LogP contribution in [0.15, 0.2) is 42.5 Å². The topological polar surface area (TPSA) is 43.9 Å². The molecule has 2 saturated heterocycles. The van der Waals surface area contributed by atoms with Crippen LogP contribution < -0.4 is 0 Å². The van der Waals surface area contributed by atoms with Crippen LogP contribution in [0.5, 0.6) is 0 Å². The van der Waals surface area contributed by atoms with Crippen LogP contribution in [-0.2, 0) is 6.42 Å². The number of rotatable bonds is 4. The summed E-state index contributed by atoms with van der Waals surface area (Å²) in [5, 5.41) is 0. The van der Waals surface area contributed by atoms with E-state index in [0.29, 0.717) is 6.04 Å². The number of amides is 2. The Hall–Kier alpha value is -2.66. The zero-order valence-electron chi connectivity index (χ0n) is 18.6. The molecule has 0 unspecified atom stereocenters. The summed E-state index contributed by atoms with van der Waals surface area (Å²) in [6, 6.07) is 15.3. The van der Waals surface area contributed by atoms with Crippen LogP contribution in [0.25, 0.3) is 11.1 Å². The van der Waals surface area contributed by atoms with Crippen molar-refractivity contribution in [1.29, 1.82) is 0 Å². The van der Waals surface area contributed by atoms with Crippen LogP contribution in [0.3, 0.4) is 0 Å². The maximum absolute atomic E-state index is 13.3. The summed E-state index contributed by atoms with van der Waals surface area (Å²) < 4.78 is 0. The average molecular weight is 430 g/mol. The van der Waals surface area contributed by atoms with Gasteiger partial charge in [-0.1, -0.05) is 30.7 Å². The van der Waals surface area contributed by atoms with Gasteiger partial charge in [0.05, 0.1) is 0 Å². The minimum absolute atomic E-state index is 0.127. The lowest BCUT2D eigenvalue weighted by Gasteiger charge is -2.37. The average Bonchev–Trinajstić information content (AvgIpc) is 3.20. The number of carbonyl (C=O) groups is 2. The smallest absolute Gasteiger partial charge is 0.254 e. The van der Waals surface area contributed by atoms with E-state index in [2.05, 4.69) is 21.9 Å². The second-order valence-corrected chi connectivity index (χ2v) is 9.87. The third kappa shape index (κ3) is 3.43. The summed E-state index contributed by atoms with van der Waals surface area (Å²) in [6.45, 7) is 4.75. The van der Waals surface area contributed by atoms with Gasteiger partial charge in [0.1, 0.15) is 0 Å². The van der Waals surface area contributed by atoms with E-state index in [1.807, 2.05) is 35.2 Å². The molecule has 1 aliphatic carbocycles. The fourth-order valence-corrected chi connectivity index (χ4v) is 5.65. The van der Waals surface area contributed by atoms with Gasteiger partial charge in [0.2, 0.25) is 0 Å². The van der Waals surface area contributed by atoms with E-state index in [1.165, 1.54) is 19.3 Å². The molecule has 32 heavy (non-hydrogen) atoms. The standard InChI is InChI=1S/C27H31N3O2/c31-26(28-13-2-14-28)20-7-5-19(6-8-20)21-9-10-25-22(17-21)11-16-30(27(25)32)24-12-15-29(18-24)23-3-1-4-23/h5-10,17,23-24H,1-4,11-16,18H2/t24-/m0/s1. The van der Waals surface area contributed by atoms with Gasteiger partial charge in [0, 0.05) is 55.9 Å². The number of fused-ring (bicyclic) bond motifs is 1. The molecule has 2 aromatic carbocycles. The minimum atomic E-state index is 0.127. The fraction of sp³-hybridized carbons (Fsp3) is 0.481. The van der Waals surface area contributed by atoms with Gasteiger partial charge in [-0.05, 0) is 67.0 Å². The van der Waals surface area contributed by atoms with Crippen LogP contribution in [-0.4, -0.2) is 71.3 Å². The van der Waals surface area contributed by atoms with E-state index in [0.717, 1.165) is 85.8 Å². The Labute approximate surface area is 190 Å². The summed E-state index contributed by atoms with van der Waals surface area (Å²) in [5.74, 6) is 0.329. The van der Waals surface area contributed by atoms with E-state index in [4.69, 9.17) is 0 Å². The minimum Gasteiger partial charge on any atom is -0.339 e. The van der Waals surface area contributed by atoms with E-state index < -0.39 is 0 Å².